The number of hydrogen-bond donors (Lipinski definition) is 0. The molecule has 1 aliphatic rings. The molecule has 0 spiro atoms. The molecule has 0 heterocycles. The van der Waals surface area contributed by atoms with Gasteiger partial charge in [0.2, 0.25) is 0 Å². The Kier molecular flexibility index (Phi) is 5.35. The molecule has 0 amide bonds. The van der Waals surface area contributed by atoms with Gasteiger partial charge in [0.25, 0.3) is 0 Å². The maximum absolute atomic E-state index is 6.16. The van der Waals surface area contributed by atoms with Crippen molar-refractivity contribution in [3.8, 4) is 44.5 Å². The second-order valence-corrected chi connectivity index (χ2v) is 9.95. The molecule has 169 valence electrons. The summed E-state index contributed by atoms with van der Waals surface area (Å²) in [5.74, 6) is 0. The van der Waals surface area contributed by atoms with Crippen molar-refractivity contribution in [1.82, 2.24) is 0 Å². The standard InChI is InChI=1S/C33H28BO/c1-4-33(2,3)35-34-31-20-19-28-26-18-17-23(21-30(26)27-15-10-16-29(31)32(27)28)25-14-9-8-13-24(25)22-11-6-5-7-12-22/h5-21H,4H2,1-3H3. The molecule has 0 saturated carbocycles. The Morgan fingerprint density at radius 1 is 0.600 bits per heavy atom. The van der Waals surface area contributed by atoms with Gasteiger partial charge < -0.3 is 4.65 Å². The van der Waals surface area contributed by atoms with Crippen LogP contribution in [0.4, 0.5) is 0 Å². The Morgan fingerprint density at radius 3 is 2.03 bits per heavy atom. The van der Waals surface area contributed by atoms with E-state index in [1.54, 1.807) is 0 Å². The maximum Gasteiger partial charge on any atom is 0.331 e. The minimum Gasteiger partial charge on any atom is -0.430 e. The van der Waals surface area contributed by atoms with Crippen LogP contribution in [0, 0.1) is 0 Å². The first-order chi connectivity index (χ1) is 17.1. The quantitative estimate of drug-likeness (QED) is 0.232. The molecule has 5 aromatic carbocycles. The van der Waals surface area contributed by atoms with E-state index in [1.165, 1.54) is 55.3 Å². The highest BCUT2D eigenvalue weighted by Crippen LogP contribution is 2.48. The minimum absolute atomic E-state index is 0.174. The van der Waals surface area contributed by atoms with Gasteiger partial charge in [-0.1, -0.05) is 104 Å². The Morgan fingerprint density at radius 2 is 1.26 bits per heavy atom. The molecule has 0 atom stereocenters. The van der Waals surface area contributed by atoms with Crippen molar-refractivity contribution in [2.45, 2.75) is 32.8 Å². The number of rotatable bonds is 6. The smallest absolute Gasteiger partial charge is 0.331 e. The first-order valence-corrected chi connectivity index (χ1v) is 12.4. The molecule has 0 aliphatic heterocycles. The van der Waals surface area contributed by atoms with Crippen LogP contribution < -0.4 is 5.46 Å². The van der Waals surface area contributed by atoms with Crippen LogP contribution in [0.15, 0.2) is 103 Å². The number of hydrogen-bond acceptors (Lipinski definition) is 1. The summed E-state index contributed by atoms with van der Waals surface area (Å²) in [6.45, 7) is 6.42. The largest absolute Gasteiger partial charge is 0.430 e. The fourth-order valence-electron chi connectivity index (χ4n) is 5.06. The third-order valence-electron chi connectivity index (χ3n) is 7.35. The van der Waals surface area contributed by atoms with E-state index >= 15 is 0 Å². The summed E-state index contributed by atoms with van der Waals surface area (Å²) >= 11 is 0. The lowest BCUT2D eigenvalue weighted by Gasteiger charge is -2.24. The van der Waals surface area contributed by atoms with Crippen molar-refractivity contribution in [3.63, 3.8) is 0 Å². The molecule has 0 fully saturated rings. The molecular formula is C33H28BO. The molecule has 0 aromatic heterocycles. The van der Waals surface area contributed by atoms with Crippen LogP contribution in [0.3, 0.4) is 0 Å². The molecule has 5 aromatic rings. The summed E-state index contributed by atoms with van der Waals surface area (Å²) in [5, 5.41) is 2.57. The second kappa shape index (κ2) is 8.55. The van der Waals surface area contributed by atoms with Crippen LogP contribution in [0.1, 0.15) is 27.2 Å². The highest BCUT2D eigenvalue weighted by atomic mass is 16.5. The van der Waals surface area contributed by atoms with E-state index in [0.29, 0.717) is 0 Å². The Labute approximate surface area is 208 Å². The van der Waals surface area contributed by atoms with Crippen molar-refractivity contribution < 1.29 is 4.65 Å². The molecule has 0 bridgehead atoms. The highest BCUT2D eigenvalue weighted by Gasteiger charge is 2.24. The predicted octanol–water partition coefficient (Wildman–Crippen LogP) is 8.27. The lowest BCUT2D eigenvalue weighted by molar-refractivity contribution is 0.114. The summed E-state index contributed by atoms with van der Waals surface area (Å²) < 4.78 is 6.16. The van der Waals surface area contributed by atoms with Crippen molar-refractivity contribution in [1.29, 1.82) is 0 Å². The average Bonchev–Trinajstić information content (AvgIpc) is 3.23. The number of benzene rings is 5. The summed E-state index contributed by atoms with van der Waals surface area (Å²) in [6.07, 6.45) is 0.962. The van der Waals surface area contributed by atoms with Gasteiger partial charge in [-0.15, -0.1) is 0 Å². The van der Waals surface area contributed by atoms with E-state index in [4.69, 9.17) is 4.65 Å². The van der Waals surface area contributed by atoms with Gasteiger partial charge in [-0.05, 0) is 87.1 Å². The third kappa shape index (κ3) is 3.79. The fraction of sp³-hybridized carbons (Fsp3) is 0.152. The molecule has 0 N–H and O–H groups in total. The summed E-state index contributed by atoms with van der Waals surface area (Å²) in [4.78, 5) is 0. The van der Waals surface area contributed by atoms with Gasteiger partial charge in [0, 0.05) is 5.60 Å². The van der Waals surface area contributed by atoms with Gasteiger partial charge in [0.05, 0.1) is 0 Å². The van der Waals surface area contributed by atoms with Gasteiger partial charge in [-0.3, -0.25) is 0 Å². The topological polar surface area (TPSA) is 9.23 Å². The zero-order chi connectivity index (χ0) is 24.0. The highest BCUT2D eigenvalue weighted by molar-refractivity contribution is 6.52. The molecule has 1 nitrogen and oxygen atoms in total. The Bertz CT molecular complexity index is 1550. The van der Waals surface area contributed by atoms with E-state index in [-0.39, 0.29) is 5.60 Å². The Hall–Kier alpha value is -3.62. The monoisotopic (exact) mass is 451 g/mol. The molecule has 1 radical (unpaired) electrons. The lowest BCUT2D eigenvalue weighted by atomic mass is 9.81. The van der Waals surface area contributed by atoms with Crippen LogP contribution in [0.25, 0.3) is 55.3 Å². The summed E-state index contributed by atoms with van der Waals surface area (Å²) in [5.41, 5.74) is 11.2. The van der Waals surface area contributed by atoms with Gasteiger partial charge in [0.15, 0.2) is 0 Å². The van der Waals surface area contributed by atoms with E-state index in [9.17, 15) is 0 Å². The van der Waals surface area contributed by atoms with E-state index in [2.05, 4.69) is 124 Å². The molecule has 1 aliphatic carbocycles. The minimum atomic E-state index is -0.174. The molecule has 2 heteroatoms. The maximum atomic E-state index is 6.16. The average molecular weight is 451 g/mol. The predicted molar refractivity (Wildman–Crippen MR) is 150 cm³/mol. The van der Waals surface area contributed by atoms with Crippen LogP contribution in [0.2, 0.25) is 0 Å². The molecular weight excluding hydrogens is 423 g/mol. The van der Waals surface area contributed by atoms with Crippen molar-refractivity contribution in [3.05, 3.63) is 103 Å². The van der Waals surface area contributed by atoms with Gasteiger partial charge >= 0.3 is 7.48 Å². The number of fused-ring (bicyclic) bond motifs is 3. The molecule has 35 heavy (non-hydrogen) atoms. The van der Waals surface area contributed by atoms with Gasteiger partial charge in [-0.2, -0.15) is 0 Å². The lowest BCUT2D eigenvalue weighted by Crippen LogP contribution is -2.31. The van der Waals surface area contributed by atoms with Gasteiger partial charge in [-0.25, -0.2) is 0 Å². The molecule has 0 saturated heterocycles. The fourth-order valence-corrected chi connectivity index (χ4v) is 5.06. The Balaban J connectivity index is 1.46. The zero-order valence-electron chi connectivity index (χ0n) is 20.5. The SMILES string of the molecule is CCC(C)(C)O[B]c1ccc2c3c(cccc13)-c1cc(-c3ccccc3-c3ccccc3)ccc1-2. The first-order valence-electron chi connectivity index (χ1n) is 12.4. The summed E-state index contributed by atoms with van der Waals surface area (Å²) in [6, 6.07) is 37.4. The zero-order valence-corrected chi connectivity index (χ0v) is 20.5. The first kappa shape index (κ1) is 21.9. The molecule has 6 rings (SSSR count). The van der Waals surface area contributed by atoms with E-state index < -0.39 is 0 Å². The van der Waals surface area contributed by atoms with Crippen molar-refractivity contribution >= 4 is 23.7 Å². The van der Waals surface area contributed by atoms with Crippen molar-refractivity contribution in [2.75, 3.05) is 0 Å². The van der Waals surface area contributed by atoms with Crippen LogP contribution in [0.5, 0.6) is 0 Å². The molecule has 0 unspecified atom stereocenters. The third-order valence-corrected chi connectivity index (χ3v) is 7.35. The second-order valence-electron chi connectivity index (χ2n) is 9.95. The van der Waals surface area contributed by atoms with Crippen molar-refractivity contribution in [2.24, 2.45) is 0 Å². The summed E-state index contributed by atoms with van der Waals surface area (Å²) in [7, 11) is 1.94. The van der Waals surface area contributed by atoms with Crippen LogP contribution in [-0.4, -0.2) is 13.1 Å². The normalized spacial score (nSPS) is 12.1. The van der Waals surface area contributed by atoms with E-state index in [0.717, 1.165) is 11.9 Å². The van der Waals surface area contributed by atoms with Gasteiger partial charge in [0.1, 0.15) is 0 Å². The van der Waals surface area contributed by atoms with Crippen LogP contribution >= 0.6 is 0 Å². The van der Waals surface area contributed by atoms with Crippen LogP contribution in [-0.2, 0) is 4.65 Å². The van der Waals surface area contributed by atoms with E-state index in [1.807, 2.05) is 7.48 Å².